The zero-order chi connectivity index (χ0) is 12.4. The van der Waals surface area contributed by atoms with E-state index in [1.54, 1.807) is 12.1 Å². The van der Waals surface area contributed by atoms with Crippen LogP contribution in [0.1, 0.15) is 5.56 Å². The summed E-state index contributed by atoms with van der Waals surface area (Å²) in [6.45, 7) is 1.99. The molecule has 0 aliphatic carbocycles. The Balaban J connectivity index is 2.34. The van der Waals surface area contributed by atoms with E-state index in [4.69, 9.17) is 28.9 Å². The summed E-state index contributed by atoms with van der Waals surface area (Å²) in [7, 11) is 0. The number of aromatic nitrogens is 1. The van der Waals surface area contributed by atoms with Gasteiger partial charge in [0.05, 0.1) is 10.7 Å². The van der Waals surface area contributed by atoms with Gasteiger partial charge in [-0.25, -0.2) is 4.98 Å². The minimum atomic E-state index is 0.344. The van der Waals surface area contributed by atoms with E-state index in [2.05, 4.69) is 10.3 Å². The average Bonchev–Trinajstić information content (AvgIpc) is 2.22. The number of hydrogen-bond donors (Lipinski definition) is 2. The van der Waals surface area contributed by atoms with Crippen molar-refractivity contribution >= 4 is 40.4 Å². The Morgan fingerprint density at radius 2 is 1.94 bits per heavy atom. The highest BCUT2D eigenvalue weighted by atomic mass is 35.5. The van der Waals surface area contributed by atoms with Crippen LogP contribution < -0.4 is 11.1 Å². The first-order valence-corrected chi connectivity index (χ1v) is 5.76. The van der Waals surface area contributed by atoms with E-state index < -0.39 is 0 Å². The first-order valence-electron chi connectivity index (χ1n) is 5.01. The molecule has 3 N–H and O–H groups in total. The van der Waals surface area contributed by atoms with Crippen molar-refractivity contribution in [3.63, 3.8) is 0 Å². The number of anilines is 3. The number of halogens is 2. The zero-order valence-electron chi connectivity index (χ0n) is 9.17. The van der Waals surface area contributed by atoms with Gasteiger partial charge in [0.2, 0.25) is 0 Å². The molecule has 88 valence electrons. The number of aryl methyl sites for hydroxylation is 1. The van der Waals surface area contributed by atoms with Crippen molar-refractivity contribution in [3.8, 4) is 0 Å². The number of nitrogen functional groups attached to an aromatic ring is 1. The monoisotopic (exact) mass is 267 g/mol. The molecular weight excluding hydrogens is 257 g/mol. The molecule has 0 spiro atoms. The van der Waals surface area contributed by atoms with Gasteiger partial charge in [-0.15, -0.1) is 0 Å². The molecule has 2 rings (SSSR count). The van der Waals surface area contributed by atoms with Gasteiger partial charge < -0.3 is 11.1 Å². The first-order chi connectivity index (χ1) is 8.04. The molecule has 0 radical (unpaired) electrons. The van der Waals surface area contributed by atoms with Crippen molar-refractivity contribution in [1.82, 2.24) is 4.98 Å². The molecular formula is C12H11Cl2N3. The summed E-state index contributed by atoms with van der Waals surface area (Å²) in [6.07, 6.45) is 0. The molecule has 2 aromatic rings. The van der Waals surface area contributed by atoms with Gasteiger partial charge in [-0.3, -0.25) is 0 Å². The fourth-order valence-electron chi connectivity index (χ4n) is 1.45. The molecule has 5 heteroatoms. The first kappa shape index (κ1) is 12.0. The average molecular weight is 268 g/mol. The van der Waals surface area contributed by atoms with Crippen LogP contribution in [0.25, 0.3) is 0 Å². The van der Waals surface area contributed by atoms with Gasteiger partial charge in [-0.1, -0.05) is 29.3 Å². The molecule has 0 saturated heterocycles. The molecule has 1 aromatic carbocycles. The number of nitrogens with one attached hydrogen (secondary N) is 1. The highest BCUT2D eigenvalue weighted by Crippen LogP contribution is 2.27. The van der Waals surface area contributed by atoms with Crippen LogP contribution >= 0.6 is 23.2 Å². The number of nitrogens with two attached hydrogens (primary N) is 1. The van der Waals surface area contributed by atoms with Crippen LogP contribution in [-0.4, -0.2) is 4.98 Å². The minimum Gasteiger partial charge on any atom is -0.399 e. The summed E-state index contributed by atoms with van der Waals surface area (Å²) in [5.41, 5.74) is 8.12. The summed E-state index contributed by atoms with van der Waals surface area (Å²) in [6, 6.07) is 8.98. The second-order valence-electron chi connectivity index (χ2n) is 3.72. The van der Waals surface area contributed by atoms with Crippen molar-refractivity contribution in [2.24, 2.45) is 0 Å². The van der Waals surface area contributed by atoms with Crippen LogP contribution in [0.15, 0.2) is 30.3 Å². The van der Waals surface area contributed by atoms with Gasteiger partial charge in [0.1, 0.15) is 11.0 Å². The van der Waals surface area contributed by atoms with Crippen LogP contribution in [0.3, 0.4) is 0 Å². The third-order valence-electron chi connectivity index (χ3n) is 2.20. The predicted molar refractivity (Wildman–Crippen MR) is 73.1 cm³/mol. The van der Waals surface area contributed by atoms with Crippen LogP contribution in [0.5, 0.6) is 0 Å². The van der Waals surface area contributed by atoms with Crippen LogP contribution in [0.2, 0.25) is 10.2 Å². The van der Waals surface area contributed by atoms with Crippen LogP contribution in [-0.2, 0) is 0 Å². The Labute approximate surface area is 110 Å². The van der Waals surface area contributed by atoms with E-state index in [-0.39, 0.29) is 0 Å². The molecule has 0 atom stereocenters. The lowest BCUT2D eigenvalue weighted by Crippen LogP contribution is -1.97. The molecule has 0 unspecified atom stereocenters. The van der Waals surface area contributed by atoms with E-state index >= 15 is 0 Å². The smallest absolute Gasteiger partial charge is 0.134 e. The second kappa shape index (κ2) is 4.82. The van der Waals surface area contributed by atoms with E-state index in [1.165, 1.54) is 0 Å². The van der Waals surface area contributed by atoms with Gasteiger partial charge in [-0.2, -0.15) is 0 Å². The Morgan fingerprint density at radius 3 is 2.65 bits per heavy atom. The van der Waals surface area contributed by atoms with Crippen molar-refractivity contribution in [2.45, 2.75) is 6.92 Å². The van der Waals surface area contributed by atoms with E-state index in [9.17, 15) is 0 Å². The van der Waals surface area contributed by atoms with Gasteiger partial charge in [0, 0.05) is 11.8 Å². The predicted octanol–water partition coefficient (Wildman–Crippen LogP) is 4.02. The standard InChI is InChI=1S/C12H11Cl2N3/c1-7-2-3-9(13)10(4-7)16-12-6-8(15)5-11(14)17-12/h2-6H,1H3,(H3,15,16,17). The summed E-state index contributed by atoms with van der Waals surface area (Å²) in [4.78, 5) is 4.12. The van der Waals surface area contributed by atoms with E-state index in [0.29, 0.717) is 21.7 Å². The summed E-state index contributed by atoms with van der Waals surface area (Å²) >= 11 is 11.9. The molecule has 0 saturated carbocycles. The quantitative estimate of drug-likeness (QED) is 0.808. The van der Waals surface area contributed by atoms with Gasteiger partial charge in [-0.05, 0) is 30.7 Å². The van der Waals surface area contributed by atoms with Gasteiger partial charge in [0.25, 0.3) is 0 Å². The lowest BCUT2D eigenvalue weighted by atomic mass is 10.2. The fraction of sp³-hybridized carbons (Fsp3) is 0.0833. The zero-order valence-corrected chi connectivity index (χ0v) is 10.7. The molecule has 17 heavy (non-hydrogen) atoms. The number of hydrogen-bond acceptors (Lipinski definition) is 3. The summed E-state index contributed by atoms with van der Waals surface area (Å²) in [5, 5.41) is 4.05. The molecule has 3 nitrogen and oxygen atoms in total. The lowest BCUT2D eigenvalue weighted by molar-refractivity contribution is 1.31. The highest BCUT2D eigenvalue weighted by Gasteiger charge is 2.03. The number of nitrogens with zero attached hydrogens (tertiary/aromatic N) is 1. The normalized spacial score (nSPS) is 10.3. The highest BCUT2D eigenvalue weighted by molar-refractivity contribution is 6.33. The van der Waals surface area contributed by atoms with Crippen molar-refractivity contribution in [1.29, 1.82) is 0 Å². The van der Waals surface area contributed by atoms with Crippen molar-refractivity contribution < 1.29 is 0 Å². The van der Waals surface area contributed by atoms with Crippen LogP contribution in [0, 0.1) is 6.92 Å². The van der Waals surface area contributed by atoms with Gasteiger partial charge in [0.15, 0.2) is 0 Å². The molecule has 0 amide bonds. The van der Waals surface area contributed by atoms with Gasteiger partial charge >= 0.3 is 0 Å². The molecule has 0 bridgehead atoms. The van der Waals surface area contributed by atoms with E-state index in [1.807, 2.05) is 25.1 Å². The SMILES string of the molecule is Cc1ccc(Cl)c(Nc2cc(N)cc(Cl)n2)c1. The molecule has 0 aliphatic heterocycles. The second-order valence-corrected chi connectivity index (χ2v) is 4.51. The molecule has 1 aromatic heterocycles. The third kappa shape index (κ3) is 3.02. The van der Waals surface area contributed by atoms with Crippen molar-refractivity contribution in [2.75, 3.05) is 11.1 Å². The molecule has 0 aliphatic rings. The largest absolute Gasteiger partial charge is 0.399 e. The van der Waals surface area contributed by atoms with Crippen LogP contribution in [0.4, 0.5) is 17.2 Å². The van der Waals surface area contributed by atoms with Crippen molar-refractivity contribution in [3.05, 3.63) is 46.1 Å². The van der Waals surface area contributed by atoms with E-state index in [0.717, 1.165) is 11.3 Å². The topological polar surface area (TPSA) is 50.9 Å². The minimum absolute atomic E-state index is 0.344. The number of rotatable bonds is 2. The maximum Gasteiger partial charge on any atom is 0.134 e. The number of benzene rings is 1. The summed E-state index contributed by atoms with van der Waals surface area (Å²) in [5.74, 6) is 0.572. The fourth-order valence-corrected chi connectivity index (χ4v) is 1.84. The Kier molecular flexibility index (Phi) is 3.41. The Morgan fingerprint density at radius 1 is 1.18 bits per heavy atom. The summed E-state index contributed by atoms with van der Waals surface area (Å²) < 4.78 is 0. The molecule has 0 fully saturated rings. The number of pyridine rings is 1. The Hall–Kier alpha value is -1.45. The maximum absolute atomic E-state index is 6.07. The lowest BCUT2D eigenvalue weighted by Gasteiger charge is -2.09. The molecule has 1 heterocycles. The Bertz CT molecular complexity index is 535. The third-order valence-corrected chi connectivity index (χ3v) is 2.72. The maximum atomic E-state index is 6.07.